The number of hydrogen-bond donors (Lipinski definition) is 2. The molecule has 156 valence electrons. The van der Waals surface area contributed by atoms with Crippen LogP contribution in [0.3, 0.4) is 0 Å². The molecule has 2 heterocycles. The molecule has 10 heteroatoms. The third-order valence-corrected chi connectivity index (χ3v) is 4.86. The maximum absolute atomic E-state index is 12.1. The average molecular weight is 412 g/mol. The summed E-state index contributed by atoms with van der Waals surface area (Å²) in [5.74, 6) is 0.102. The zero-order valence-corrected chi connectivity index (χ0v) is 17.5. The average Bonchev–Trinajstić information content (AvgIpc) is 2.64. The van der Waals surface area contributed by atoms with Gasteiger partial charge in [-0.05, 0) is 12.8 Å². The number of nitrogens with one attached hydrogen (secondary N) is 1. The van der Waals surface area contributed by atoms with E-state index < -0.39 is 5.97 Å². The molecule has 3 N–H and O–H groups in total. The normalized spacial score (nSPS) is 17.5. The molecule has 28 heavy (non-hydrogen) atoms. The van der Waals surface area contributed by atoms with E-state index in [4.69, 9.17) is 15.2 Å². The first-order valence-electron chi connectivity index (χ1n) is 9.42. The molecule has 9 nitrogen and oxygen atoms in total. The van der Waals surface area contributed by atoms with Crippen LogP contribution in [0.5, 0.6) is 0 Å². The Kier molecular flexibility index (Phi) is 8.94. The van der Waals surface area contributed by atoms with Crippen LogP contribution in [0.2, 0.25) is 0 Å². The lowest BCUT2D eigenvalue weighted by Gasteiger charge is -2.33. The van der Waals surface area contributed by atoms with Gasteiger partial charge in [-0.3, -0.25) is 9.69 Å². The van der Waals surface area contributed by atoms with E-state index in [0.29, 0.717) is 24.2 Å². The van der Waals surface area contributed by atoms with Crippen LogP contribution in [0.25, 0.3) is 0 Å². The van der Waals surface area contributed by atoms with E-state index in [1.54, 1.807) is 6.92 Å². The molecule has 1 amide bonds. The smallest absolute Gasteiger partial charge is 0.343 e. The zero-order valence-electron chi connectivity index (χ0n) is 16.6. The van der Waals surface area contributed by atoms with Gasteiger partial charge in [-0.25, -0.2) is 14.8 Å². The third kappa shape index (κ3) is 7.25. The number of esters is 1. The van der Waals surface area contributed by atoms with E-state index in [0.717, 1.165) is 31.4 Å². The summed E-state index contributed by atoms with van der Waals surface area (Å²) >= 11 is 1.15. The van der Waals surface area contributed by atoms with Gasteiger partial charge in [0.05, 0.1) is 25.1 Å². The molecule has 1 aliphatic rings. The largest absolute Gasteiger partial charge is 0.462 e. The monoisotopic (exact) mass is 411 g/mol. The number of nitrogen functional groups attached to an aromatic ring is 1. The number of carbonyl (C=O) groups excluding carboxylic acids is 2. The van der Waals surface area contributed by atoms with Crippen molar-refractivity contribution in [2.24, 2.45) is 5.92 Å². The molecule has 0 bridgehead atoms. The van der Waals surface area contributed by atoms with E-state index in [1.807, 2.05) is 0 Å². The Balaban J connectivity index is 1.75. The molecule has 1 aromatic rings. The Hall–Kier alpha value is -1.91. The highest BCUT2D eigenvalue weighted by molar-refractivity contribution is 7.99. The minimum Gasteiger partial charge on any atom is -0.462 e. The Morgan fingerprint density at radius 2 is 2.29 bits per heavy atom. The summed E-state index contributed by atoms with van der Waals surface area (Å²) in [5, 5.41) is 3.22. The van der Waals surface area contributed by atoms with Crippen LogP contribution in [0.15, 0.2) is 11.4 Å². The third-order valence-electron chi connectivity index (χ3n) is 4.00. The summed E-state index contributed by atoms with van der Waals surface area (Å²) in [7, 11) is 0. The van der Waals surface area contributed by atoms with Crippen molar-refractivity contribution in [3.63, 3.8) is 0 Å². The number of morpholine rings is 1. The van der Waals surface area contributed by atoms with Gasteiger partial charge in [-0.2, -0.15) is 0 Å². The standard InChI is InChI=1S/C18H29N5O4S/c1-4-26-17(25)14-8-21-18(22-16(14)19)28-11-15(24)20-7-13-10-23(5-6-27-13)9-12(2)3/h8,12-13H,4-7,9-11H2,1-3H3,(H,20,24)(H2,19,21,22)/t13-/m0/s1. The quantitative estimate of drug-likeness (QED) is 0.345. The second kappa shape index (κ2) is 11.2. The van der Waals surface area contributed by atoms with Gasteiger partial charge in [0.2, 0.25) is 5.91 Å². The Morgan fingerprint density at radius 1 is 1.50 bits per heavy atom. The highest BCUT2D eigenvalue weighted by Crippen LogP contribution is 2.17. The minimum atomic E-state index is -0.562. The number of nitrogens with two attached hydrogens (primary N) is 1. The van der Waals surface area contributed by atoms with Crippen LogP contribution in [-0.4, -0.2) is 78.0 Å². The number of aromatic nitrogens is 2. The molecule has 0 spiro atoms. The summed E-state index contributed by atoms with van der Waals surface area (Å²) < 4.78 is 10.6. The van der Waals surface area contributed by atoms with Gasteiger partial charge in [-0.1, -0.05) is 25.6 Å². The van der Waals surface area contributed by atoms with Gasteiger partial charge in [0.25, 0.3) is 0 Å². The number of amides is 1. The molecular formula is C18H29N5O4S. The predicted octanol–water partition coefficient (Wildman–Crippen LogP) is 0.801. The summed E-state index contributed by atoms with van der Waals surface area (Å²) in [4.78, 5) is 34.3. The molecule has 1 atom stereocenters. The molecule has 0 aromatic carbocycles. The highest BCUT2D eigenvalue weighted by Gasteiger charge is 2.21. The van der Waals surface area contributed by atoms with Crippen LogP contribution >= 0.6 is 11.8 Å². The maximum atomic E-state index is 12.1. The first-order chi connectivity index (χ1) is 13.4. The molecule has 0 unspecified atom stereocenters. The molecular weight excluding hydrogens is 382 g/mol. The van der Waals surface area contributed by atoms with Crippen molar-refractivity contribution in [1.29, 1.82) is 0 Å². The van der Waals surface area contributed by atoms with Crippen LogP contribution < -0.4 is 11.1 Å². The van der Waals surface area contributed by atoms with E-state index in [-0.39, 0.29) is 35.8 Å². The van der Waals surface area contributed by atoms with Gasteiger partial charge in [0, 0.05) is 32.4 Å². The van der Waals surface area contributed by atoms with Crippen molar-refractivity contribution in [3.05, 3.63) is 11.8 Å². The van der Waals surface area contributed by atoms with Gasteiger partial charge >= 0.3 is 5.97 Å². The first kappa shape index (κ1) is 22.4. The Labute approximate surface area is 169 Å². The van der Waals surface area contributed by atoms with Crippen molar-refractivity contribution in [2.75, 3.05) is 50.9 Å². The Bertz CT molecular complexity index is 673. The van der Waals surface area contributed by atoms with Crippen LogP contribution in [0.1, 0.15) is 31.1 Å². The first-order valence-corrected chi connectivity index (χ1v) is 10.4. The van der Waals surface area contributed by atoms with E-state index in [1.165, 1.54) is 6.20 Å². The number of carbonyl (C=O) groups is 2. The lowest BCUT2D eigenvalue weighted by molar-refractivity contribution is -0.119. The SMILES string of the molecule is CCOC(=O)c1cnc(SCC(=O)NC[C@H]2CN(CC(C)C)CCO2)nc1N. The highest BCUT2D eigenvalue weighted by atomic mass is 32.2. The minimum absolute atomic E-state index is 0.00259. The molecule has 1 aliphatic heterocycles. The number of thioether (sulfide) groups is 1. The fraction of sp³-hybridized carbons (Fsp3) is 0.667. The number of nitrogens with zero attached hydrogens (tertiary/aromatic N) is 3. The molecule has 2 rings (SSSR count). The van der Waals surface area contributed by atoms with Crippen molar-refractivity contribution in [3.8, 4) is 0 Å². The zero-order chi connectivity index (χ0) is 20.5. The van der Waals surface area contributed by atoms with Crippen molar-refractivity contribution < 1.29 is 19.1 Å². The van der Waals surface area contributed by atoms with Gasteiger partial charge in [-0.15, -0.1) is 0 Å². The van der Waals surface area contributed by atoms with Crippen LogP contribution in [-0.2, 0) is 14.3 Å². The fourth-order valence-electron chi connectivity index (χ4n) is 2.81. The van der Waals surface area contributed by atoms with Crippen LogP contribution in [0, 0.1) is 5.92 Å². The molecule has 0 aliphatic carbocycles. The molecule has 1 fully saturated rings. The van der Waals surface area contributed by atoms with E-state index in [9.17, 15) is 9.59 Å². The molecule has 1 saturated heterocycles. The summed E-state index contributed by atoms with van der Waals surface area (Å²) in [6.45, 7) is 10.3. The topological polar surface area (TPSA) is 120 Å². The predicted molar refractivity (Wildman–Crippen MR) is 107 cm³/mol. The van der Waals surface area contributed by atoms with Gasteiger partial charge in [0.1, 0.15) is 11.4 Å². The Morgan fingerprint density at radius 3 is 2.96 bits per heavy atom. The van der Waals surface area contributed by atoms with Gasteiger partial charge < -0.3 is 20.5 Å². The second-order valence-electron chi connectivity index (χ2n) is 6.91. The van der Waals surface area contributed by atoms with E-state index in [2.05, 4.69) is 34.0 Å². The fourth-order valence-corrected chi connectivity index (χ4v) is 3.46. The maximum Gasteiger partial charge on any atom is 0.343 e. The van der Waals surface area contributed by atoms with Crippen molar-refractivity contribution in [2.45, 2.75) is 32.0 Å². The molecule has 1 aromatic heterocycles. The van der Waals surface area contributed by atoms with Crippen LogP contribution in [0.4, 0.5) is 5.82 Å². The lowest BCUT2D eigenvalue weighted by atomic mass is 10.2. The second-order valence-corrected chi connectivity index (χ2v) is 7.85. The number of hydrogen-bond acceptors (Lipinski definition) is 9. The van der Waals surface area contributed by atoms with Crippen molar-refractivity contribution >= 4 is 29.5 Å². The van der Waals surface area contributed by atoms with Gasteiger partial charge in [0.15, 0.2) is 5.16 Å². The summed E-state index contributed by atoms with van der Waals surface area (Å²) in [6, 6.07) is 0. The van der Waals surface area contributed by atoms with E-state index >= 15 is 0 Å². The van der Waals surface area contributed by atoms with Crippen molar-refractivity contribution in [1.82, 2.24) is 20.2 Å². The molecule has 0 radical (unpaired) electrons. The number of ether oxygens (including phenoxy) is 2. The number of rotatable bonds is 9. The summed E-state index contributed by atoms with van der Waals surface area (Å²) in [5.41, 5.74) is 5.90. The molecule has 0 saturated carbocycles. The lowest BCUT2D eigenvalue weighted by Crippen LogP contribution is -2.48. The summed E-state index contributed by atoms with van der Waals surface area (Å²) in [6.07, 6.45) is 1.32. The number of anilines is 1.